The number of carbonyl (C=O) groups excluding carboxylic acids is 1. The summed E-state index contributed by atoms with van der Waals surface area (Å²) in [6.45, 7) is 5.48. The minimum Gasteiger partial charge on any atom is -0.480 e. The van der Waals surface area contributed by atoms with Crippen LogP contribution in [0, 0.1) is 5.92 Å². The molecular formula is C15H25NO3S. The first-order chi connectivity index (χ1) is 9.26. The fourth-order valence-electron chi connectivity index (χ4n) is 3.04. The molecule has 0 spiro atoms. The van der Waals surface area contributed by atoms with Crippen molar-refractivity contribution in [1.82, 2.24) is 4.90 Å². The summed E-state index contributed by atoms with van der Waals surface area (Å²) in [5.74, 6) is -0.862. The molecule has 0 aromatic heterocycles. The van der Waals surface area contributed by atoms with Gasteiger partial charge in [-0.3, -0.25) is 4.79 Å². The Bertz CT molecular complexity index is 389. The first kappa shape index (κ1) is 17.1. The van der Waals surface area contributed by atoms with Crippen molar-refractivity contribution in [2.45, 2.75) is 64.8 Å². The van der Waals surface area contributed by atoms with Crippen LogP contribution >= 0.6 is 12.2 Å². The molecule has 1 unspecified atom stereocenters. The summed E-state index contributed by atoms with van der Waals surface area (Å²) in [6.07, 6.45) is 5.73. The van der Waals surface area contributed by atoms with Gasteiger partial charge in [-0.15, -0.1) is 0 Å². The highest BCUT2D eigenvalue weighted by molar-refractivity contribution is 7.80. The van der Waals surface area contributed by atoms with Crippen molar-refractivity contribution in [3.63, 3.8) is 0 Å². The van der Waals surface area contributed by atoms with Crippen LogP contribution in [0.15, 0.2) is 0 Å². The predicted octanol–water partition coefficient (Wildman–Crippen LogP) is 3.04. The SMILES string of the molecule is CC(=O)CC(C)C(=S)N(CC(=O)O)C1(C)CCCCC1. The monoisotopic (exact) mass is 299 g/mol. The summed E-state index contributed by atoms with van der Waals surface area (Å²) in [4.78, 5) is 24.9. The van der Waals surface area contributed by atoms with E-state index in [2.05, 4.69) is 6.92 Å². The summed E-state index contributed by atoms with van der Waals surface area (Å²) in [6, 6.07) is 0. The van der Waals surface area contributed by atoms with Gasteiger partial charge in [-0.1, -0.05) is 38.4 Å². The van der Waals surface area contributed by atoms with Gasteiger partial charge in [0.2, 0.25) is 0 Å². The van der Waals surface area contributed by atoms with Crippen molar-refractivity contribution in [1.29, 1.82) is 0 Å². The molecule has 1 aliphatic rings. The van der Waals surface area contributed by atoms with Crippen LogP contribution in [0.1, 0.15) is 59.3 Å². The molecule has 0 aliphatic heterocycles. The summed E-state index contributed by atoms with van der Waals surface area (Å²) in [7, 11) is 0. The summed E-state index contributed by atoms with van der Waals surface area (Å²) in [5.41, 5.74) is -0.182. The second-order valence-electron chi connectivity index (χ2n) is 6.18. The van der Waals surface area contributed by atoms with Gasteiger partial charge in [0.15, 0.2) is 0 Å². The summed E-state index contributed by atoms with van der Waals surface area (Å²) in [5, 5.41) is 9.17. The maximum Gasteiger partial charge on any atom is 0.323 e. The van der Waals surface area contributed by atoms with E-state index >= 15 is 0 Å². The highest BCUT2D eigenvalue weighted by Crippen LogP contribution is 2.34. The van der Waals surface area contributed by atoms with Gasteiger partial charge in [-0.2, -0.15) is 0 Å². The highest BCUT2D eigenvalue weighted by Gasteiger charge is 2.37. The number of carboxylic acid groups (broad SMARTS) is 1. The van der Waals surface area contributed by atoms with Gasteiger partial charge in [0.1, 0.15) is 12.3 Å². The van der Waals surface area contributed by atoms with Crippen LogP contribution in [-0.4, -0.2) is 38.8 Å². The molecule has 4 nitrogen and oxygen atoms in total. The van der Waals surface area contributed by atoms with Gasteiger partial charge in [-0.05, 0) is 26.7 Å². The Labute approximate surface area is 126 Å². The highest BCUT2D eigenvalue weighted by atomic mass is 32.1. The van der Waals surface area contributed by atoms with Crippen molar-refractivity contribution in [3.8, 4) is 0 Å². The molecule has 20 heavy (non-hydrogen) atoms. The molecule has 0 heterocycles. The lowest BCUT2D eigenvalue weighted by Crippen LogP contribution is -2.53. The van der Waals surface area contributed by atoms with E-state index in [1.54, 1.807) is 6.92 Å². The van der Waals surface area contributed by atoms with Crippen molar-refractivity contribution >= 4 is 29.0 Å². The standard InChI is InChI=1S/C15H25NO3S/c1-11(9-12(2)17)14(20)16(10-13(18)19)15(3)7-5-4-6-8-15/h11H,4-10H2,1-3H3,(H,18,19). The first-order valence-electron chi connectivity index (χ1n) is 7.29. The predicted molar refractivity (Wildman–Crippen MR) is 82.9 cm³/mol. The van der Waals surface area contributed by atoms with E-state index in [0.717, 1.165) is 25.7 Å². The van der Waals surface area contributed by atoms with E-state index in [0.29, 0.717) is 11.4 Å². The van der Waals surface area contributed by atoms with Crippen molar-refractivity contribution in [3.05, 3.63) is 0 Å². The Kier molecular flexibility index (Phi) is 6.11. The molecule has 0 amide bonds. The number of Topliss-reactive ketones (excluding diaryl/α,β-unsaturated/α-hetero) is 1. The smallest absolute Gasteiger partial charge is 0.323 e. The van der Waals surface area contributed by atoms with E-state index in [4.69, 9.17) is 12.2 Å². The first-order valence-corrected chi connectivity index (χ1v) is 7.70. The fraction of sp³-hybridized carbons (Fsp3) is 0.800. The zero-order valence-corrected chi connectivity index (χ0v) is 13.5. The van der Waals surface area contributed by atoms with Crippen LogP contribution in [0.4, 0.5) is 0 Å². The normalized spacial score (nSPS) is 19.1. The Balaban J connectivity index is 2.90. The molecule has 0 saturated heterocycles. The largest absolute Gasteiger partial charge is 0.480 e. The zero-order valence-electron chi connectivity index (χ0n) is 12.6. The molecule has 0 aromatic rings. The van der Waals surface area contributed by atoms with Gasteiger partial charge in [-0.25, -0.2) is 0 Å². The zero-order chi connectivity index (χ0) is 15.3. The number of thiocarbonyl (C=S) groups is 1. The second-order valence-corrected chi connectivity index (χ2v) is 6.60. The van der Waals surface area contributed by atoms with Crippen LogP contribution in [0.25, 0.3) is 0 Å². The van der Waals surface area contributed by atoms with E-state index in [-0.39, 0.29) is 23.8 Å². The number of ketones is 1. The lowest BCUT2D eigenvalue weighted by molar-refractivity contribution is -0.138. The van der Waals surface area contributed by atoms with Crippen molar-refractivity contribution < 1.29 is 14.7 Å². The van der Waals surface area contributed by atoms with Crippen LogP contribution in [-0.2, 0) is 9.59 Å². The number of rotatable bonds is 6. The van der Waals surface area contributed by atoms with Gasteiger partial charge >= 0.3 is 5.97 Å². The minimum absolute atomic E-state index is 0.0718. The van der Waals surface area contributed by atoms with Gasteiger partial charge in [0.25, 0.3) is 0 Å². The number of nitrogens with zero attached hydrogens (tertiary/aromatic N) is 1. The van der Waals surface area contributed by atoms with E-state index < -0.39 is 5.97 Å². The molecule has 114 valence electrons. The Hall–Kier alpha value is -0.970. The van der Waals surface area contributed by atoms with Crippen LogP contribution in [0.2, 0.25) is 0 Å². The topological polar surface area (TPSA) is 57.6 Å². The van der Waals surface area contributed by atoms with Gasteiger partial charge in [0.05, 0.1) is 4.99 Å². The molecule has 1 aliphatic carbocycles. The third-order valence-electron chi connectivity index (χ3n) is 4.16. The third-order valence-corrected chi connectivity index (χ3v) is 4.78. The minimum atomic E-state index is -0.867. The number of carbonyl (C=O) groups is 2. The third kappa shape index (κ3) is 4.54. The molecule has 0 radical (unpaired) electrons. The summed E-state index contributed by atoms with van der Waals surface area (Å²) >= 11 is 5.50. The average Bonchev–Trinajstić information content (AvgIpc) is 2.35. The quantitative estimate of drug-likeness (QED) is 0.764. The molecule has 1 fully saturated rings. The molecule has 5 heteroatoms. The second kappa shape index (κ2) is 7.16. The number of aliphatic carboxylic acids is 1. The Morgan fingerprint density at radius 1 is 1.30 bits per heavy atom. The molecule has 1 atom stereocenters. The molecule has 0 aromatic carbocycles. The number of carboxylic acids is 1. The average molecular weight is 299 g/mol. The lowest BCUT2D eigenvalue weighted by atomic mass is 9.81. The van der Waals surface area contributed by atoms with Crippen molar-refractivity contribution in [2.75, 3.05) is 6.54 Å². The maximum absolute atomic E-state index is 11.3. The fourth-order valence-corrected chi connectivity index (χ4v) is 3.41. The van der Waals surface area contributed by atoms with E-state index in [1.807, 2.05) is 11.8 Å². The van der Waals surface area contributed by atoms with Crippen LogP contribution in [0.3, 0.4) is 0 Å². The van der Waals surface area contributed by atoms with Gasteiger partial charge < -0.3 is 14.8 Å². The number of hydrogen-bond donors (Lipinski definition) is 1. The lowest BCUT2D eigenvalue weighted by Gasteiger charge is -2.46. The molecule has 0 bridgehead atoms. The van der Waals surface area contributed by atoms with E-state index in [1.165, 1.54) is 6.42 Å². The maximum atomic E-state index is 11.3. The number of hydrogen-bond acceptors (Lipinski definition) is 3. The van der Waals surface area contributed by atoms with Gasteiger partial charge in [0, 0.05) is 17.9 Å². The molecular weight excluding hydrogens is 274 g/mol. The molecule has 1 rings (SSSR count). The van der Waals surface area contributed by atoms with Crippen LogP contribution in [0.5, 0.6) is 0 Å². The van der Waals surface area contributed by atoms with Crippen molar-refractivity contribution in [2.24, 2.45) is 5.92 Å². The van der Waals surface area contributed by atoms with Crippen LogP contribution < -0.4 is 0 Å². The van der Waals surface area contributed by atoms with E-state index in [9.17, 15) is 14.7 Å². The Morgan fingerprint density at radius 2 is 1.85 bits per heavy atom. The molecule has 1 N–H and O–H groups in total. The Morgan fingerprint density at radius 3 is 2.30 bits per heavy atom. The summed E-state index contributed by atoms with van der Waals surface area (Å²) < 4.78 is 0. The molecule has 1 saturated carbocycles.